The average Bonchev–Trinajstić information content (AvgIpc) is 2.91. The second-order valence-corrected chi connectivity index (χ2v) is 11.3. The molecule has 2 aromatic carbocycles. The lowest BCUT2D eigenvalue weighted by molar-refractivity contribution is -0.0592. The number of benzene rings is 2. The van der Waals surface area contributed by atoms with Crippen LogP contribution in [0.4, 0.5) is 0 Å². The van der Waals surface area contributed by atoms with Crippen molar-refractivity contribution in [1.29, 1.82) is 0 Å². The van der Waals surface area contributed by atoms with Gasteiger partial charge in [-0.15, -0.1) is 0 Å². The number of ketones is 6. The summed E-state index contributed by atoms with van der Waals surface area (Å²) >= 11 is 0. The SMILES string of the molecule is CC1=CC(=O)c2c(O)c3c(c(O)c2C1=O)C1C(O)C(C3=O)C2C(=O)c3c(O)c4c(c(O)c3C1C2O)C(=O)C(C)=CC4=O. The van der Waals surface area contributed by atoms with Crippen LogP contribution in [-0.4, -0.2) is 77.5 Å². The molecule has 12 nitrogen and oxygen atoms in total. The van der Waals surface area contributed by atoms with Crippen molar-refractivity contribution in [3.8, 4) is 23.0 Å². The quantitative estimate of drug-likeness (QED) is 0.246. The Morgan fingerprint density at radius 1 is 0.476 bits per heavy atom. The number of hydrogen-bond donors (Lipinski definition) is 6. The zero-order chi connectivity index (χ0) is 30.4. The van der Waals surface area contributed by atoms with Crippen LogP contribution in [0, 0.1) is 11.8 Å². The molecule has 6 N–H and O–H groups in total. The first-order chi connectivity index (χ1) is 19.7. The molecule has 42 heavy (non-hydrogen) atoms. The van der Waals surface area contributed by atoms with Gasteiger partial charge in [0.05, 0.1) is 57.4 Å². The Labute approximate surface area is 234 Å². The molecule has 5 aliphatic carbocycles. The van der Waals surface area contributed by atoms with E-state index in [0.717, 1.165) is 12.2 Å². The second kappa shape index (κ2) is 7.87. The van der Waals surface area contributed by atoms with Gasteiger partial charge in [-0.2, -0.15) is 0 Å². The van der Waals surface area contributed by atoms with Crippen LogP contribution in [0.1, 0.15) is 99.0 Å². The van der Waals surface area contributed by atoms with Crippen molar-refractivity contribution >= 4 is 34.7 Å². The number of rotatable bonds is 0. The number of aliphatic hydroxyl groups is 2. The fourth-order valence-electron chi connectivity index (χ4n) is 7.58. The highest BCUT2D eigenvalue weighted by molar-refractivity contribution is 6.29. The maximum absolute atomic E-state index is 13.8. The Morgan fingerprint density at radius 2 is 0.810 bits per heavy atom. The summed E-state index contributed by atoms with van der Waals surface area (Å²) in [6, 6.07) is 0. The molecule has 4 bridgehead atoms. The van der Waals surface area contributed by atoms with E-state index < -0.39 is 138 Å². The molecule has 6 atom stereocenters. The van der Waals surface area contributed by atoms with Gasteiger partial charge in [0.2, 0.25) is 0 Å². The van der Waals surface area contributed by atoms with Crippen LogP contribution in [-0.2, 0) is 0 Å². The van der Waals surface area contributed by atoms with E-state index in [1.807, 2.05) is 0 Å². The molecule has 0 aliphatic heterocycles. The highest BCUT2D eigenvalue weighted by Gasteiger charge is 2.65. The minimum Gasteiger partial charge on any atom is -0.507 e. The van der Waals surface area contributed by atoms with Gasteiger partial charge in [-0.05, 0) is 26.0 Å². The largest absolute Gasteiger partial charge is 0.507 e. The minimum absolute atomic E-state index is 0.0825. The van der Waals surface area contributed by atoms with Crippen LogP contribution in [0.15, 0.2) is 23.3 Å². The molecule has 0 spiro atoms. The summed E-state index contributed by atoms with van der Waals surface area (Å²) in [6.07, 6.45) is -1.80. The molecule has 0 amide bonds. The monoisotopic (exact) mass is 572 g/mol. The third kappa shape index (κ3) is 2.69. The third-order valence-electron chi connectivity index (χ3n) is 9.34. The number of aliphatic hydroxyl groups excluding tert-OH is 2. The lowest BCUT2D eigenvalue weighted by Gasteiger charge is -2.53. The molecule has 0 saturated heterocycles. The molecular weight excluding hydrogens is 552 g/mol. The standard InChI is InChI=1S/C30H20O12/c1-5-3-7(31)9-15(21(5)33)27(39)13-11-12-14-18(24(36)10-8(32)4-6(2)22(34)16(10)28(14)40)30(42)20(26(12)38)19(25(11)37)29(41)17(13)23(9)35/h3-4,11-12,19-20,25-26,35-40H,1-2H3. The first-order valence-corrected chi connectivity index (χ1v) is 12.9. The molecule has 0 aromatic heterocycles. The van der Waals surface area contributed by atoms with Gasteiger partial charge in [-0.3, -0.25) is 28.8 Å². The lowest BCUT2D eigenvalue weighted by atomic mass is 9.50. The molecule has 0 heterocycles. The molecule has 212 valence electrons. The summed E-state index contributed by atoms with van der Waals surface area (Å²) in [5.41, 5.74) is -4.97. The topological polar surface area (TPSA) is 224 Å². The van der Waals surface area contributed by atoms with Crippen LogP contribution >= 0.6 is 0 Å². The predicted octanol–water partition coefficient (Wildman–Crippen LogP) is 1.39. The zero-order valence-electron chi connectivity index (χ0n) is 21.8. The molecule has 5 aliphatic rings. The van der Waals surface area contributed by atoms with Crippen molar-refractivity contribution in [2.45, 2.75) is 37.9 Å². The molecule has 6 unspecified atom stereocenters. The molecule has 7 rings (SSSR count). The van der Waals surface area contributed by atoms with Crippen LogP contribution in [0.25, 0.3) is 0 Å². The number of carbonyl (C=O) groups is 6. The van der Waals surface area contributed by atoms with E-state index in [9.17, 15) is 59.4 Å². The molecule has 2 aromatic rings. The van der Waals surface area contributed by atoms with Gasteiger partial charge in [0.15, 0.2) is 34.7 Å². The number of aromatic hydroxyl groups is 4. The van der Waals surface area contributed by atoms with E-state index in [2.05, 4.69) is 0 Å². The van der Waals surface area contributed by atoms with Gasteiger partial charge in [0.1, 0.15) is 23.0 Å². The molecule has 1 fully saturated rings. The highest BCUT2D eigenvalue weighted by atomic mass is 16.3. The number of phenols is 4. The predicted molar refractivity (Wildman–Crippen MR) is 138 cm³/mol. The molecule has 1 saturated carbocycles. The molecule has 12 heteroatoms. The van der Waals surface area contributed by atoms with E-state index in [0.29, 0.717) is 0 Å². The van der Waals surface area contributed by atoms with Crippen molar-refractivity contribution in [3.05, 3.63) is 67.8 Å². The fraction of sp³-hybridized carbons (Fsp3) is 0.267. The van der Waals surface area contributed by atoms with E-state index in [1.54, 1.807) is 0 Å². The number of phenolic OH excluding ortho intramolecular Hbond substituents is 4. The molecular formula is C30H20O12. The van der Waals surface area contributed by atoms with E-state index in [-0.39, 0.29) is 11.1 Å². The van der Waals surface area contributed by atoms with Crippen LogP contribution in [0.2, 0.25) is 0 Å². The Hall–Kier alpha value is -4.94. The second-order valence-electron chi connectivity index (χ2n) is 11.3. The highest BCUT2D eigenvalue weighted by Crippen LogP contribution is 2.64. The first kappa shape index (κ1) is 26.0. The van der Waals surface area contributed by atoms with Gasteiger partial charge in [0, 0.05) is 34.1 Å². The average molecular weight is 572 g/mol. The maximum atomic E-state index is 13.8. The van der Waals surface area contributed by atoms with Crippen molar-refractivity contribution in [2.24, 2.45) is 11.8 Å². The Balaban J connectivity index is 1.60. The normalized spacial score (nSPS) is 29.0. The smallest absolute Gasteiger partial charge is 0.193 e. The summed E-state index contributed by atoms with van der Waals surface area (Å²) in [4.78, 5) is 79.4. The van der Waals surface area contributed by atoms with Crippen LogP contribution < -0.4 is 0 Å². The Bertz CT molecular complexity index is 1770. The van der Waals surface area contributed by atoms with Crippen molar-refractivity contribution < 1.29 is 59.4 Å². The summed E-state index contributed by atoms with van der Waals surface area (Å²) in [5, 5.41) is 68.2. The Kier molecular flexibility index (Phi) is 4.87. The zero-order valence-corrected chi connectivity index (χ0v) is 21.8. The summed E-state index contributed by atoms with van der Waals surface area (Å²) in [5.74, 6) is -16.1. The third-order valence-corrected chi connectivity index (χ3v) is 9.34. The lowest BCUT2D eigenvalue weighted by Crippen LogP contribution is -2.60. The fourth-order valence-corrected chi connectivity index (χ4v) is 7.58. The number of allylic oxidation sites excluding steroid dienone is 4. The van der Waals surface area contributed by atoms with Gasteiger partial charge >= 0.3 is 0 Å². The van der Waals surface area contributed by atoms with Gasteiger partial charge in [-0.1, -0.05) is 0 Å². The van der Waals surface area contributed by atoms with Gasteiger partial charge in [0.25, 0.3) is 0 Å². The van der Waals surface area contributed by atoms with Crippen LogP contribution in [0.3, 0.4) is 0 Å². The van der Waals surface area contributed by atoms with E-state index in [1.165, 1.54) is 13.8 Å². The molecule has 0 radical (unpaired) electrons. The summed E-state index contributed by atoms with van der Waals surface area (Å²) in [7, 11) is 0. The van der Waals surface area contributed by atoms with E-state index in [4.69, 9.17) is 0 Å². The minimum atomic E-state index is -1.83. The van der Waals surface area contributed by atoms with Crippen LogP contribution in [0.5, 0.6) is 23.0 Å². The van der Waals surface area contributed by atoms with E-state index >= 15 is 0 Å². The number of carbonyl (C=O) groups excluding carboxylic acids is 6. The summed E-state index contributed by atoms with van der Waals surface area (Å²) < 4.78 is 0. The van der Waals surface area contributed by atoms with Gasteiger partial charge in [-0.25, -0.2) is 0 Å². The maximum Gasteiger partial charge on any atom is 0.193 e. The Morgan fingerprint density at radius 3 is 1.14 bits per heavy atom. The van der Waals surface area contributed by atoms with Crippen molar-refractivity contribution in [1.82, 2.24) is 0 Å². The van der Waals surface area contributed by atoms with Crippen molar-refractivity contribution in [2.75, 3.05) is 0 Å². The number of Topliss-reactive ketones (excluding diaryl/α,β-unsaturated/α-hetero) is 4. The number of fused-ring (bicyclic) bond motifs is 12. The van der Waals surface area contributed by atoms with Gasteiger partial charge < -0.3 is 30.6 Å². The van der Waals surface area contributed by atoms with Crippen molar-refractivity contribution in [3.63, 3.8) is 0 Å². The first-order valence-electron chi connectivity index (χ1n) is 12.9. The summed E-state index contributed by atoms with van der Waals surface area (Å²) in [6.45, 7) is 2.59. The number of hydrogen-bond acceptors (Lipinski definition) is 12.